The number of thiophene rings is 1. The van der Waals surface area contributed by atoms with Gasteiger partial charge in [0.15, 0.2) is 5.96 Å². The van der Waals surface area contributed by atoms with Gasteiger partial charge in [-0.1, -0.05) is 12.1 Å². The van der Waals surface area contributed by atoms with E-state index in [-0.39, 0.29) is 0 Å². The van der Waals surface area contributed by atoms with Crippen molar-refractivity contribution < 1.29 is 9.47 Å². The van der Waals surface area contributed by atoms with Gasteiger partial charge in [-0.3, -0.25) is 0 Å². The third kappa shape index (κ3) is 6.17. The molecule has 7 heteroatoms. The zero-order chi connectivity index (χ0) is 17.0. The molecule has 0 atom stereocenters. The summed E-state index contributed by atoms with van der Waals surface area (Å²) in [5, 5.41) is 8.65. The van der Waals surface area contributed by atoms with Gasteiger partial charge in [-0.25, -0.2) is 9.98 Å². The number of nitrogens with one attached hydrogen (secondary N) is 2. The van der Waals surface area contributed by atoms with E-state index in [4.69, 9.17) is 9.47 Å². The largest absolute Gasteiger partial charge is 0.475 e. The smallest absolute Gasteiger partial charge is 0.218 e. The van der Waals surface area contributed by atoms with Gasteiger partial charge >= 0.3 is 0 Å². The van der Waals surface area contributed by atoms with Gasteiger partial charge in [0.2, 0.25) is 5.88 Å². The first-order valence-corrected chi connectivity index (χ1v) is 8.81. The Labute approximate surface area is 146 Å². The van der Waals surface area contributed by atoms with Crippen molar-refractivity contribution in [2.24, 2.45) is 4.99 Å². The molecule has 0 bridgehead atoms. The molecule has 2 N–H and O–H groups in total. The maximum atomic E-state index is 5.64. The first kappa shape index (κ1) is 18.2. The Bertz CT molecular complexity index is 617. The predicted octanol–water partition coefficient (Wildman–Crippen LogP) is 2.42. The van der Waals surface area contributed by atoms with Gasteiger partial charge in [0.1, 0.15) is 6.61 Å². The van der Waals surface area contributed by atoms with Crippen molar-refractivity contribution >= 4 is 17.3 Å². The van der Waals surface area contributed by atoms with Gasteiger partial charge < -0.3 is 20.1 Å². The van der Waals surface area contributed by atoms with Crippen LogP contribution in [0.1, 0.15) is 17.4 Å². The van der Waals surface area contributed by atoms with E-state index in [1.807, 2.05) is 25.1 Å². The second-order valence-electron chi connectivity index (χ2n) is 4.94. The molecule has 0 spiro atoms. The van der Waals surface area contributed by atoms with E-state index in [1.165, 1.54) is 4.88 Å². The number of hydrogen-bond acceptors (Lipinski definition) is 5. The molecule has 0 fully saturated rings. The number of hydrogen-bond donors (Lipinski definition) is 2. The van der Waals surface area contributed by atoms with E-state index in [0.717, 1.165) is 24.6 Å². The highest BCUT2D eigenvalue weighted by Gasteiger charge is 2.05. The Hall–Kier alpha value is -2.12. The van der Waals surface area contributed by atoms with Crippen molar-refractivity contribution in [2.45, 2.75) is 20.0 Å². The van der Waals surface area contributed by atoms with Gasteiger partial charge in [0.05, 0.1) is 19.7 Å². The van der Waals surface area contributed by atoms with Crippen molar-refractivity contribution in [2.75, 3.05) is 26.9 Å². The number of nitrogens with zero attached hydrogens (tertiary/aromatic N) is 2. The summed E-state index contributed by atoms with van der Waals surface area (Å²) in [6.07, 6.45) is 1.72. The maximum absolute atomic E-state index is 5.64. The molecule has 0 aliphatic carbocycles. The van der Waals surface area contributed by atoms with Gasteiger partial charge in [-0.05, 0) is 24.4 Å². The van der Waals surface area contributed by atoms with Crippen LogP contribution in [0.3, 0.4) is 0 Å². The topological polar surface area (TPSA) is 67.8 Å². The molecular formula is C17H24N4O2S. The third-order valence-corrected chi connectivity index (χ3v) is 4.01. The van der Waals surface area contributed by atoms with Crippen LogP contribution in [0.25, 0.3) is 0 Å². The molecular weight excluding hydrogens is 324 g/mol. The summed E-state index contributed by atoms with van der Waals surface area (Å²) >= 11 is 1.72. The summed E-state index contributed by atoms with van der Waals surface area (Å²) in [5.41, 5.74) is 0.946. The highest BCUT2D eigenvalue weighted by atomic mass is 32.1. The molecule has 0 amide bonds. The molecule has 6 nitrogen and oxygen atoms in total. The minimum absolute atomic E-state index is 0.473. The molecule has 2 rings (SSSR count). The Kier molecular flexibility index (Phi) is 8.06. The monoisotopic (exact) mass is 348 g/mol. The molecule has 0 aliphatic rings. The van der Waals surface area contributed by atoms with E-state index in [1.54, 1.807) is 24.6 Å². The lowest BCUT2D eigenvalue weighted by Gasteiger charge is -2.12. The lowest BCUT2D eigenvalue weighted by molar-refractivity contribution is 0.143. The first-order valence-electron chi connectivity index (χ1n) is 7.93. The van der Waals surface area contributed by atoms with Crippen LogP contribution in [0, 0.1) is 0 Å². The molecule has 0 saturated heterocycles. The summed E-state index contributed by atoms with van der Waals surface area (Å²) in [6.45, 7) is 5.11. The van der Waals surface area contributed by atoms with E-state index in [9.17, 15) is 0 Å². The van der Waals surface area contributed by atoms with Crippen molar-refractivity contribution in [1.82, 2.24) is 15.6 Å². The van der Waals surface area contributed by atoms with Gasteiger partial charge in [0, 0.05) is 30.3 Å². The highest BCUT2D eigenvalue weighted by molar-refractivity contribution is 7.09. The summed E-state index contributed by atoms with van der Waals surface area (Å²) < 4.78 is 10.6. The van der Waals surface area contributed by atoms with Crippen LogP contribution >= 0.6 is 11.3 Å². The standard InChI is InChI=1S/C17H24N4O2S/c1-3-18-17(21-13-15-7-5-11-24-15)20-12-14-6-4-8-19-16(14)23-10-9-22-2/h4-8,11H,3,9-10,12-13H2,1-2H3,(H2,18,20,21). The molecule has 24 heavy (non-hydrogen) atoms. The number of guanidine groups is 1. The fraction of sp³-hybridized carbons (Fsp3) is 0.412. The van der Waals surface area contributed by atoms with Gasteiger partial charge in [-0.15, -0.1) is 11.3 Å². The van der Waals surface area contributed by atoms with Crippen molar-refractivity contribution in [1.29, 1.82) is 0 Å². The highest BCUT2D eigenvalue weighted by Crippen LogP contribution is 2.15. The fourth-order valence-corrected chi connectivity index (χ4v) is 2.63. The Morgan fingerprint density at radius 3 is 2.92 bits per heavy atom. The van der Waals surface area contributed by atoms with Crippen LogP contribution < -0.4 is 15.4 Å². The molecule has 2 aromatic rings. The van der Waals surface area contributed by atoms with Crippen LogP contribution in [0.2, 0.25) is 0 Å². The minimum Gasteiger partial charge on any atom is -0.475 e. The van der Waals surface area contributed by atoms with Crippen LogP contribution in [-0.2, 0) is 17.8 Å². The quantitative estimate of drug-likeness (QED) is 0.414. The SMILES string of the molecule is CCNC(=NCc1cccnc1OCCOC)NCc1cccs1. The number of ether oxygens (including phenoxy) is 2. The van der Waals surface area contributed by atoms with E-state index >= 15 is 0 Å². The Morgan fingerprint density at radius 1 is 1.25 bits per heavy atom. The number of rotatable bonds is 9. The lowest BCUT2D eigenvalue weighted by atomic mass is 10.3. The third-order valence-electron chi connectivity index (χ3n) is 3.14. The van der Waals surface area contributed by atoms with Crippen molar-refractivity contribution in [3.05, 3.63) is 46.3 Å². The molecule has 0 unspecified atom stereocenters. The maximum Gasteiger partial charge on any atom is 0.218 e. The average Bonchev–Trinajstić information content (AvgIpc) is 3.12. The van der Waals surface area contributed by atoms with E-state index in [0.29, 0.717) is 25.6 Å². The van der Waals surface area contributed by atoms with Crippen molar-refractivity contribution in [3.8, 4) is 5.88 Å². The van der Waals surface area contributed by atoms with Crippen LogP contribution in [0.4, 0.5) is 0 Å². The summed E-state index contributed by atoms with van der Waals surface area (Å²) in [5.74, 6) is 1.38. The average molecular weight is 348 g/mol. The minimum atomic E-state index is 0.473. The molecule has 2 heterocycles. The summed E-state index contributed by atoms with van der Waals surface area (Å²) in [6, 6.07) is 8.01. The molecule has 130 valence electrons. The van der Waals surface area contributed by atoms with E-state index < -0.39 is 0 Å². The van der Waals surface area contributed by atoms with Crippen LogP contribution in [-0.4, -0.2) is 37.8 Å². The number of pyridine rings is 1. The Morgan fingerprint density at radius 2 is 2.17 bits per heavy atom. The predicted molar refractivity (Wildman–Crippen MR) is 97.6 cm³/mol. The fourth-order valence-electron chi connectivity index (χ4n) is 1.99. The molecule has 0 saturated carbocycles. The normalized spacial score (nSPS) is 11.3. The molecule has 0 aromatic carbocycles. The molecule has 0 aliphatic heterocycles. The summed E-state index contributed by atoms with van der Waals surface area (Å²) in [7, 11) is 1.65. The lowest BCUT2D eigenvalue weighted by Crippen LogP contribution is -2.36. The zero-order valence-electron chi connectivity index (χ0n) is 14.1. The number of methoxy groups -OCH3 is 1. The van der Waals surface area contributed by atoms with Crippen LogP contribution in [0.5, 0.6) is 5.88 Å². The van der Waals surface area contributed by atoms with E-state index in [2.05, 4.69) is 32.1 Å². The summed E-state index contributed by atoms with van der Waals surface area (Å²) in [4.78, 5) is 10.2. The van der Waals surface area contributed by atoms with Crippen molar-refractivity contribution in [3.63, 3.8) is 0 Å². The Balaban J connectivity index is 1.97. The molecule has 0 radical (unpaired) electrons. The van der Waals surface area contributed by atoms with Crippen LogP contribution in [0.15, 0.2) is 40.8 Å². The first-order chi connectivity index (χ1) is 11.8. The number of aliphatic imine (C=N–C) groups is 1. The second kappa shape index (κ2) is 10.6. The zero-order valence-corrected chi connectivity index (χ0v) is 14.9. The number of aromatic nitrogens is 1. The van der Waals surface area contributed by atoms with Gasteiger partial charge in [-0.2, -0.15) is 0 Å². The molecule has 2 aromatic heterocycles. The van der Waals surface area contributed by atoms with Gasteiger partial charge in [0.25, 0.3) is 0 Å². The second-order valence-corrected chi connectivity index (χ2v) is 5.97.